The summed E-state index contributed by atoms with van der Waals surface area (Å²) in [6.45, 7) is 1.50. The molecule has 3 N–H and O–H groups in total. The number of aliphatic imine (C=N–C) groups is 1. The van der Waals surface area contributed by atoms with Crippen LogP contribution in [-0.4, -0.2) is 42.6 Å². The van der Waals surface area contributed by atoms with Crippen molar-refractivity contribution in [3.05, 3.63) is 18.0 Å². The maximum atomic E-state index is 11.0. The van der Waals surface area contributed by atoms with E-state index in [1.807, 2.05) is 0 Å². The number of aliphatic carboxylic acids is 1. The van der Waals surface area contributed by atoms with Gasteiger partial charge in [-0.2, -0.15) is 0 Å². The number of nitrogens with zero attached hydrogens (tertiary/aromatic N) is 2. The van der Waals surface area contributed by atoms with E-state index in [9.17, 15) is 15.0 Å². The van der Waals surface area contributed by atoms with Crippen LogP contribution in [0.15, 0.2) is 17.3 Å². The standard InChI is InChI=1S/C10H10N2O4S/c1-10(9(15)16)4-17-8(12-10)6-7(14)5(13)2-3-11-6/h2-3,14H,4H2,1H3,(H,11,13)(H,15,16)/t10-/m1/s1. The lowest BCUT2D eigenvalue weighted by atomic mass is 10.1. The van der Waals surface area contributed by atoms with E-state index in [0.29, 0.717) is 5.04 Å². The van der Waals surface area contributed by atoms with Crippen molar-refractivity contribution in [2.75, 3.05) is 5.75 Å². The van der Waals surface area contributed by atoms with Gasteiger partial charge in [0, 0.05) is 18.0 Å². The lowest BCUT2D eigenvalue weighted by molar-refractivity contribution is -0.141. The molecule has 0 bridgehead atoms. The van der Waals surface area contributed by atoms with Crippen LogP contribution in [0.25, 0.3) is 0 Å². The molecule has 1 aliphatic rings. The number of carboxylic acid groups (broad SMARTS) is 1. The third-order valence-corrected chi connectivity index (χ3v) is 3.67. The van der Waals surface area contributed by atoms with Crippen molar-refractivity contribution in [2.24, 2.45) is 4.99 Å². The zero-order chi connectivity index (χ0) is 12.6. The second kappa shape index (κ2) is 3.92. The third kappa shape index (κ3) is 1.93. The molecule has 17 heavy (non-hydrogen) atoms. The highest BCUT2D eigenvalue weighted by molar-refractivity contribution is 8.14. The van der Waals surface area contributed by atoms with Gasteiger partial charge in [-0.25, -0.2) is 9.78 Å². The van der Waals surface area contributed by atoms with Gasteiger partial charge in [-0.3, -0.25) is 4.99 Å². The smallest absolute Gasteiger partial charge is 0.332 e. The van der Waals surface area contributed by atoms with E-state index in [-0.39, 0.29) is 22.9 Å². The van der Waals surface area contributed by atoms with Gasteiger partial charge < -0.3 is 15.3 Å². The number of hydrogen-bond acceptors (Lipinski definition) is 6. The van der Waals surface area contributed by atoms with Crippen LogP contribution in [0.2, 0.25) is 0 Å². The topological polar surface area (TPSA) is 103 Å². The maximum absolute atomic E-state index is 11.0. The highest BCUT2D eigenvalue weighted by atomic mass is 32.2. The highest BCUT2D eigenvalue weighted by Crippen LogP contribution is 2.35. The molecule has 1 aromatic heterocycles. The highest BCUT2D eigenvalue weighted by Gasteiger charge is 2.39. The summed E-state index contributed by atoms with van der Waals surface area (Å²) in [5.41, 5.74) is -1.10. The number of carbonyl (C=O) groups is 1. The van der Waals surface area contributed by atoms with Crippen LogP contribution >= 0.6 is 11.8 Å². The minimum absolute atomic E-state index is 0.111. The zero-order valence-electron chi connectivity index (χ0n) is 8.91. The normalized spacial score (nSPS) is 23.5. The molecule has 2 heterocycles. The Kier molecular flexibility index (Phi) is 2.70. The lowest BCUT2D eigenvalue weighted by Gasteiger charge is -2.11. The van der Waals surface area contributed by atoms with E-state index in [1.54, 1.807) is 0 Å². The molecule has 2 rings (SSSR count). The molecular formula is C10H10N2O4S. The van der Waals surface area contributed by atoms with Crippen LogP contribution in [0.1, 0.15) is 12.6 Å². The molecule has 0 unspecified atom stereocenters. The summed E-state index contributed by atoms with van der Waals surface area (Å²) in [6.07, 6.45) is 1.32. The van der Waals surface area contributed by atoms with Gasteiger partial charge >= 0.3 is 5.97 Å². The fourth-order valence-electron chi connectivity index (χ4n) is 1.33. The number of hydrogen-bond donors (Lipinski definition) is 3. The van der Waals surface area contributed by atoms with Crippen LogP contribution < -0.4 is 0 Å². The number of aromatic hydroxyl groups is 2. The van der Waals surface area contributed by atoms with Gasteiger partial charge in [-0.05, 0) is 6.92 Å². The van der Waals surface area contributed by atoms with E-state index in [2.05, 4.69) is 9.98 Å². The van der Waals surface area contributed by atoms with E-state index >= 15 is 0 Å². The molecule has 0 saturated carbocycles. The first-order valence-corrected chi connectivity index (χ1v) is 5.76. The molecule has 0 fully saturated rings. The predicted octanol–water partition coefficient (Wildman–Crippen LogP) is 0.829. The first-order chi connectivity index (χ1) is 7.94. The number of carboxylic acids is 1. The molecular weight excluding hydrogens is 244 g/mol. The van der Waals surface area contributed by atoms with E-state index in [4.69, 9.17) is 5.11 Å². The second-order valence-corrected chi connectivity index (χ2v) is 4.78. The van der Waals surface area contributed by atoms with Crippen LogP contribution in [0.4, 0.5) is 0 Å². The number of aromatic nitrogens is 1. The van der Waals surface area contributed by atoms with Crippen LogP contribution in [0.5, 0.6) is 11.5 Å². The molecule has 1 atom stereocenters. The molecule has 0 aliphatic carbocycles. The SMILES string of the molecule is C[C@]1(C(=O)O)CSC(c2nccc(O)c2O)=N1. The van der Waals surface area contributed by atoms with Crippen molar-refractivity contribution in [2.45, 2.75) is 12.5 Å². The Balaban J connectivity index is 2.43. The van der Waals surface area contributed by atoms with E-state index in [1.165, 1.54) is 30.9 Å². The Morgan fingerprint density at radius 1 is 1.53 bits per heavy atom. The molecule has 0 radical (unpaired) electrons. The number of rotatable bonds is 2. The summed E-state index contributed by atoms with van der Waals surface area (Å²) in [6, 6.07) is 1.25. The summed E-state index contributed by atoms with van der Waals surface area (Å²) >= 11 is 1.19. The zero-order valence-corrected chi connectivity index (χ0v) is 9.73. The van der Waals surface area contributed by atoms with Crippen molar-refractivity contribution < 1.29 is 20.1 Å². The Hall–Kier alpha value is -1.76. The average molecular weight is 254 g/mol. The molecule has 1 aliphatic heterocycles. The molecule has 7 heteroatoms. The van der Waals surface area contributed by atoms with Gasteiger partial charge in [-0.1, -0.05) is 0 Å². The minimum atomic E-state index is -1.21. The quantitative estimate of drug-likeness (QED) is 0.722. The lowest BCUT2D eigenvalue weighted by Crippen LogP contribution is -2.33. The molecule has 1 aromatic rings. The van der Waals surface area contributed by atoms with E-state index < -0.39 is 11.5 Å². The van der Waals surface area contributed by atoms with Gasteiger partial charge in [0.25, 0.3) is 0 Å². The minimum Gasteiger partial charge on any atom is -0.504 e. The average Bonchev–Trinajstić information content (AvgIpc) is 2.66. The third-order valence-electron chi connectivity index (χ3n) is 2.40. The fraction of sp³-hybridized carbons (Fsp3) is 0.300. The summed E-state index contributed by atoms with van der Waals surface area (Å²) in [4.78, 5) is 18.9. The van der Waals surface area contributed by atoms with Crippen LogP contribution in [0, 0.1) is 0 Å². The molecule has 90 valence electrons. The van der Waals surface area contributed by atoms with Gasteiger partial charge in [0.2, 0.25) is 0 Å². The van der Waals surface area contributed by atoms with Gasteiger partial charge in [0.05, 0.1) is 0 Å². The Bertz CT molecular complexity index is 517. The van der Waals surface area contributed by atoms with Crippen molar-refractivity contribution in [1.29, 1.82) is 0 Å². The second-order valence-electron chi connectivity index (χ2n) is 3.81. The molecule has 0 spiro atoms. The molecule has 0 aromatic carbocycles. The van der Waals surface area contributed by atoms with Crippen LogP contribution in [-0.2, 0) is 4.79 Å². The summed E-state index contributed by atoms with van der Waals surface area (Å²) in [7, 11) is 0. The van der Waals surface area contributed by atoms with E-state index in [0.717, 1.165) is 0 Å². The molecule has 0 saturated heterocycles. The van der Waals surface area contributed by atoms with Crippen molar-refractivity contribution in [3.8, 4) is 11.5 Å². The van der Waals surface area contributed by atoms with Crippen molar-refractivity contribution in [1.82, 2.24) is 4.98 Å². The number of thioether (sulfide) groups is 1. The van der Waals surface area contributed by atoms with Gasteiger partial charge in [0.1, 0.15) is 10.7 Å². The Morgan fingerprint density at radius 3 is 2.82 bits per heavy atom. The Labute approximate surface area is 101 Å². The summed E-state index contributed by atoms with van der Waals surface area (Å²) < 4.78 is 0. The summed E-state index contributed by atoms with van der Waals surface area (Å²) in [5.74, 6) is -1.44. The van der Waals surface area contributed by atoms with Gasteiger partial charge in [-0.15, -0.1) is 11.8 Å². The molecule has 0 amide bonds. The van der Waals surface area contributed by atoms with Crippen molar-refractivity contribution >= 4 is 22.8 Å². The predicted molar refractivity (Wildman–Crippen MR) is 62.6 cm³/mol. The molecule has 6 nitrogen and oxygen atoms in total. The number of pyridine rings is 1. The maximum Gasteiger partial charge on any atom is 0.332 e. The largest absolute Gasteiger partial charge is 0.504 e. The fourth-order valence-corrected chi connectivity index (χ4v) is 2.49. The van der Waals surface area contributed by atoms with Crippen LogP contribution in [0.3, 0.4) is 0 Å². The summed E-state index contributed by atoms with van der Waals surface area (Å²) in [5, 5.41) is 28.3. The Morgan fingerprint density at radius 2 is 2.24 bits per heavy atom. The van der Waals surface area contributed by atoms with Gasteiger partial charge in [0.15, 0.2) is 17.0 Å². The first kappa shape index (κ1) is 11.7. The van der Waals surface area contributed by atoms with Crippen molar-refractivity contribution in [3.63, 3.8) is 0 Å². The monoisotopic (exact) mass is 254 g/mol. The first-order valence-electron chi connectivity index (χ1n) is 4.77.